The predicted octanol–water partition coefficient (Wildman–Crippen LogP) is 5.10. The minimum absolute atomic E-state index is 0.366. The van der Waals surface area contributed by atoms with Crippen LogP contribution in [0.5, 0.6) is 11.5 Å². The number of ether oxygens (including phenoxy) is 2. The lowest BCUT2D eigenvalue weighted by Crippen LogP contribution is -2.08. The molecule has 0 saturated carbocycles. The summed E-state index contributed by atoms with van der Waals surface area (Å²) in [4.78, 5) is 12.2. The molecular formula is C22H20O3. The second-order valence-electron chi connectivity index (χ2n) is 6.00. The van der Waals surface area contributed by atoms with E-state index in [9.17, 15) is 4.79 Å². The fourth-order valence-electron chi connectivity index (χ4n) is 2.31. The van der Waals surface area contributed by atoms with Crippen LogP contribution in [0.25, 0.3) is 0 Å². The highest BCUT2D eigenvalue weighted by Crippen LogP contribution is 2.16. The molecule has 0 aliphatic rings. The molecule has 0 unspecified atom stereocenters. The first-order valence-electron chi connectivity index (χ1n) is 8.17. The molecule has 0 spiro atoms. The van der Waals surface area contributed by atoms with E-state index < -0.39 is 0 Å². The van der Waals surface area contributed by atoms with Crippen molar-refractivity contribution >= 4 is 5.97 Å². The maximum absolute atomic E-state index is 12.2. The van der Waals surface area contributed by atoms with Gasteiger partial charge in [-0.05, 0) is 55.8 Å². The molecule has 0 bridgehead atoms. The van der Waals surface area contributed by atoms with Crippen molar-refractivity contribution in [2.24, 2.45) is 0 Å². The molecular weight excluding hydrogens is 312 g/mol. The van der Waals surface area contributed by atoms with Crippen LogP contribution in [0.4, 0.5) is 0 Å². The van der Waals surface area contributed by atoms with E-state index in [0.29, 0.717) is 17.9 Å². The normalized spacial score (nSPS) is 10.3. The summed E-state index contributed by atoms with van der Waals surface area (Å²) in [5.41, 5.74) is 3.83. The van der Waals surface area contributed by atoms with Crippen molar-refractivity contribution < 1.29 is 14.3 Å². The van der Waals surface area contributed by atoms with E-state index in [2.05, 4.69) is 0 Å². The Bertz CT molecular complexity index is 832. The van der Waals surface area contributed by atoms with E-state index in [0.717, 1.165) is 16.9 Å². The van der Waals surface area contributed by atoms with Gasteiger partial charge in [0.1, 0.15) is 18.1 Å². The summed E-state index contributed by atoms with van der Waals surface area (Å²) < 4.78 is 11.1. The highest BCUT2D eigenvalue weighted by Gasteiger charge is 2.08. The Labute approximate surface area is 147 Å². The Morgan fingerprint density at radius 3 is 1.80 bits per heavy atom. The van der Waals surface area contributed by atoms with E-state index in [-0.39, 0.29) is 5.97 Å². The quantitative estimate of drug-likeness (QED) is 0.481. The van der Waals surface area contributed by atoms with Gasteiger partial charge in [0.25, 0.3) is 0 Å². The zero-order chi connectivity index (χ0) is 17.6. The number of carbonyl (C=O) groups is 1. The molecule has 3 heteroatoms. The molecule has 3 aromatic rings. The monoisotopic (exact) mass is 332 g/mol. The number of rotatable bonds is 5. The SMILES string of the molecule is Cc1ccc(OCc2ccc(C(=O)Oc3ccc(C)cc3)cc2)cc1. The third-order valence-corrected chi connectivity index (χ3v) is 3.85. The van der Waals surface area contributed by atoms with E-state index in [1.165, 1.54) is 5.56 Å². The molecule has 0 N–H and O–H groups in total. The number of hydrogen-bond donors (Lipinski definition) is 0. The highest BCUT2D eigenvalue weighted by atomic mass is 16.5. The molecule has 0 fully saturated rings. The summed E-state index contributed by atoms with van der Waals surface area (Å²) in [5.74, 6) is 1.01. The number of benzene rings is 3. The van der Waals surface area contributed by atoms with Gasteiger partial charge >= 0.3 is 5.97 Å². The minimum atomic E-state index is -0.366. The third-order valence-electron chi connectivity index (χ3n) is 3.85. The number of aryl methyl sites for hydroxylation is 2. The summed E-state index contributed by atoms with van der Waals surface area (Å²) in [6.45, 7) is 4.48. The van der Waals surface area contributed by atoms with Crippen molar-refractivity contribution in [2.75, 3.05) is 0 Å². The van der Waals surface area contributed by atoms with Gasteiger partial charge in [-0.25, -0.2) is 4.79 Å². The van der Waals surface area contributed by atoms with E-state index in [4.69, 9.17) is 9.47 Å². The van der Waals surface area contributed by atoms with Crippen LogP contribution in [-0.4, -0.2) is 5.97 Å². The van der Waals surface area contributed by atoms with Gasteiger partial charge in [-0.2, -0.15) is 0 Å². The van der Waals surface area contributed by atoms with E-state index in [1.807, 2.05) is 62.4 Å². The largest absolute Gasteiger partial charge is 0.489 e. The lowest BCUT2D eigenvalue weighted by atomic mass is 10.1. The van der Waals surface area contributed by atoms with Crippen LogP contribution in [-0.2, 0) is 6.61 Å². The van der Waals surface area contributed by atoms with Gasteiger partial charge in [-0.15, -0.1) is 0 Å². The summed E-state index contributed by atoms with van der Waals surface area (Å²) in [6, 6.07) is 22.6. The second kappa shape index (κ2) is 7.67. The average molecular weight is 332 g/mol. The van der Waals surface area contributed by atoms with Crippen LogP contribution < -0.4 is 9.47 Å². The predicted molar refractivity (Wildman–Crippen MR) is 98.1 cm³/mol. The fraction of sp³-hybridized carbons (Fsp3) is 0.136. The van der Waals surface area contributed by atoms with Crippen LogP contribution in [0.3, 0.4) is 0 Å². The first-order valence-corrected chi connectivity index (χ1v) is 8.17. The van der Waals surface area contributed by atoms with E-state index >= 15 is 0 Å². The van der Waals surface area contributed by atoms with Crippen molar-refractivity contribution in [1.29, 1.82) is 0 Å². The van der Waals surface area contributed by atoms with Gasteiger partial charge in [0.05, 0.1) is 5.56 Å². The van der Waals surface area contributed by atoms with Crippen LogP contribution in [0.2, 0.25) is 0 Å². The van der Waals surface area contributed by atoms with Crippen LogP contribution >= 0.6 is 0 Å². The molecule has 0 aliphatic heterocycles. The smallest absolute Gasteiger partial charge is 0.343 e. The topological polar surface area (TPSA) is 35.5 Å². The van der Waals surface area contributed by atoms with Crippen LogP contribution in [0, 0.1) is 13.8 Å². The Hall–Kier alpha value is -3.07. The molecule has 0 saturated heterocycles. The lowest BCUT2D eigenvalue weighted by Gasteiger charge is -2.08. The van der Waals surface area contributed by atoms with Gasteiger partial charge in [0.2, 0.25) is 0 Å². The van der Waals surface area contributed by atoms with Crippen molar-refractivity contribution in [3.8, 4) is 11.5 Å². The van der Waals surface area contributed by atoms with Gasteiger partial charge < -0.3 is 9.47 Å². The van der Waals surface area contributed by atoms with Crippen molar-refractivity contribution in [3.05, 3.63) is 95.1 Å². The Morgan fingerprint density at radius 2 is 1.24 bits per heavy atom. The van der Waals surface area contributed by atoms with Gasteiger partial charge in [-0.1, -0.05) is 47.5 Å². The van der Waals surface area contributed by atoms with Gasteiger partial charge in [0.15, 0.2) is 0 Å². The summed E-state index contributed by atoms with van der Waals surface area (Å²) in [7, 11) is 0. The average Bonchev–Trinajstić information content (AvgIpc) is 2.63. The van der Waals surface area contributed by atoms with Gasteiger partial charge in [-0.3, -0.25) is 0 Å². The van der Waals surface area contributed by atoms with Crippen LogP contribution in [0.15, 0.2) is 72.8 Å². The Morgan fingerprint density at radius 1 is 0.720 bits per heavy atom. The minimum Gasteiger partial charge on any atom is -0.489 e. The molecule has 3 nitrogen and oxygen atoms in total. The zero-order valence-electron chi connectivity index (χ0n) is 14.4. The van der Waals surface area contributed by atoms with Crippen molar-refractivity contribution in [1.82, 2.24) is 0 Å². The third kappa shape index (κ3) is 4.70. The molecule has 3 aromatic carbocycles. The maximum Gasteiger partial charge on any atom is 0.343 e. The lowest BCUT2D eigenvalue weighted by molar-refractivity contribution is 0.0734. The summed E-state index contributed by atoms with van der Waals surface area (Å²) >= 11 is 0. The van der Waals surface area contributed by atoms with E-state index in [1.54, 1.807) is 24.3 Å². The molecule has 0 amide bonds. The number of esters is 1. The van der Waals surface area contributed by atoms with Crippen molar-refractivity contribution in [2.45, 2.75) is 20.5 Å². The zero-order valence-corrected chi connectivity index (χ0v) is 14.4. The van der Waals surface area contributed by atoms with Crippen molar-refractivity contribution in [3.63, 3.8) is 0 Å². The Balaban J connectivity index is 1.58. The molecule has 126 valence electrons. The fourth-order valence-corrected chi connectivity index (χ4v) is 2.31. The number of hydrogen-bond acceptors (Lipinski definition) is 3. The number of carbonyl (C=O) groups excluding carboxylic acids is 1. The molecule has 0 heterocycles. The first kappa shape index (κ1) is 16.8. The molecule has 0 atom stereocenters. The molecule has 0 aliphatic carbocycles. The summed E-state index contributed by atoms with van der Waals surface area (Å²) in [6.07, 6.45) is 0. The molecule has 25 heavy (non-hydrogen) atoms. The molecule has 0 aromatic heterocycles. The van der Waals surface area contributed by atoms with Gasteiger partial charge in [0, 0.05) is 0 Å². The molecule has 0 radical (unpaired) electrons. The second-order valence-corrected chi connectivity index (χ2v) is 6.00. The standard InChI is InChI=1S/C22H20O3/c1-16-3-11-20(12-4-16)24-15-18-7-9-19(10-8-18)22(23)25-21-13-5-17(2)6-14-21/h3-14H,15H2,1-2H3. The van der Waals surface area contributed by atoms with Crippen LogP contribution in [0.1, 0.15) is 27.0 Å². The highest BCUT2D eigenvalue weighted by molar-refractivity contribution is 5.91. The summed E-state index contributed by atoms with van der Waals surface area (Å²) in [5, 5.41) is 0. The first-order chi connectivity index (χ1) is 12.1. The molecule has 3 rings (SSSR count). The Kier molecular flexibility index (Phi) is 5.14. The maximum atomic E-state index is 12.2.